The number of hydrogen-bond donors (Lipinski definition) is 0. The largest absolute Gasteiger partial charge is 0.309 e. The monoisotopic (exact) mass is 897 g/mol. The molecular weight excluding hydrogens is 847 g/mol. The van der Waals surface area contributed by atoms with E-state index in [9.17, 15) is 0 Å². The first-order valence-electron chi connectivity index (χ1n) is 24.8. The first-order valence-corrected chi connectivity index (χ1v) is 24.8. The van der Waals surface area contributed by atoms with Crippen LogP contribution in [0.1, 0.15) is 38.2 Å². The number of aromatic nitrogens is 2. The van der Waals surface area contributed by atoms with Crippen molar-refractivity contribution < 1.29 is 0 Å². The molecule has 0 N–H and O–H groups in total. The topological polar surface area (TPSA) is 13.1 Å². The molecule has 13 rings (SSSR count). The van der Waals surface area contributed by atoms with Crippen LogP contribution in [0.25, 0.3) is 98.8 Å². The number of hydrogen-bond acceptors (Lipinski definition) is 1. The highest BCUT2D eigenvalue weighted by molar-refractivity contribution is 6.20. The van der Waals surface area contributed by atoms with Crippen LogP contribution in [0.4, 0.5) is 17.1 Å². The van der Waals surface area contributed by atoms with E-state index in [-0.39, 0.29) is 0 Å². The normalized spacial score (nSPS) is 11.8. The van der Waals surface area contributed by atoms with Gasteiger partial charge < -0.3 is 14.0 Å². The molecule has 0 saturated heterocycles. The lowest BCUT2D eigenvalue weighted by molar-refractivity contribution is 0.651. The van der Waals surface area contributed by atoms with Crippen molar-refractivity contribution in [2.45, 2.75) is 32.6 Å². The minimum absolute atomic E-state index is 0.363. The van der Waals surface area contributed by atoms with Crippen LogP contribution in [0.2, 0.25) is 0 Å². The van der Waals surface area contributed by atoms with Crippen LogP contribution in [-0.2, 0) is 0 Å². The van der Waals surface area contributed by atoms with E-state index in [0.717, 1.165) is 35.6 Å². The van der Waals surface area contributed by atoms with Crippen molar-refractivity contribution in [1.29, 1.82) is 0 Å². The molecule has 0 atom stereocenters. The maximum absolute atomic E-state index is 2.58. The Labute approximate surface area is 408 Å². The van der Waals surface area contributed by atoms with Crippen LogP contribution >= 0.6 is 0 Å². The van der Waals surface area contributed by atoms with Gasteiger partial charge in [0.1, 0.15) is 0 Å². The van der Waals surface area contributed by atoms with Gasteiger partial charge in [-0.3, -0.25) is 0 Å². The van der Waals surface area contributed by atoms with E-state index in [2.05, 4.69) is 271 Å². The second-order valence-corrected chi connectivity index (χ2v) is 18.6. The van der Waals surface area contributed by atoms with Gasteiger partial charge in [-0.25, -0.2) is 0 Å². The van der Waals surface area contributed by atoms with E-state index in [1.807, 2.05) is 0 Å². The summed E-state index contributed by atoms with van der Waals surface area (Å²) in [4.78, 5) is 2.58. The fourth-order valence-corrected chi connectivity index (χ4v) is 11.6. The quantitative estimate of drug-likeness (QED) is 0.125. The van der Waals surface area contributed by atoms with E-state index in [0.29, 0.717) is 5.92 Å². The Hall–Kier alpha value is -8.66. The predicted molar refractivity (Wildman–Crippen MR) is 299 cm³/mol. The molecule has 0 aliphatic rings. The maximum Gasteiger partial charge on any atom is 0.0618 e. The number of nitrogens with zero attached hydrogens (tertiary/aromatic N) is 3. The zero-order valence-corrected chi connectivity index (χ0v) is 39.4. The van der Waals surface area contributed by atoms with E-state index < -0.39 is 0 Å². The highest BCUT2D eigenvalue weighted by atomic mass is 15.1. The van der Waals surface area contributed by atoms with E-state index in [1.54, 1.807) is 0 Å². The second-order valence-electron chi connectivity index (χ2n) is 18.6. The van der Waals surface area contributed by atoms with Gasteiger partial charge in [0.15, 0.2) is 0 Å². The van der Waals surface area contributed by atoms with Gasteiger partial charge in [0.25, 0.3) is 0 Å². The van der Waals surface area contributed by atoms with Gasteiger partial charge in [0.2, 0.25) is 0 Å². The van der Waals surface area contributed by atoms with Crippen LogP contribution in [0, 0.1) is 0 Å². The van der Waals surface area contributed by atoms with Crippen LogP contribution in [0.5, 0.6) is 0 Å². The first kappa shape index (κ1) is 41.5. The van der Waals surface area contributed by atoms with Crippen LogP contribution in [0.15, 0.2) is 243 Å². The van der Waals surface area contributed by atoms with Crippen molar-refractivity contribution in [2.75, 3.05) is 4.90 Å². The lowest BCUT2D eigenvalue weighted by atomic mass is 9.82. The standard InChI is InChI=1S/C67H51N3/c1-3-45(4-2)66-56-37-33-49(47-23-11-6-12-24-47)42-61(56)67(57-38-34-48(41-60(57)66)46-21-9-5-10-22-46)68(52-35-39-64-58(43-52)54-29-17-19-31-62(54)69(64)50-25-13-7-14-26-50)53-36-40-65-59(44-53)55-30-18-20-32-63(55)70(65)51-27-15-8-16-28-51/h5-45H,3-4H2,1-2H3. The molecule has 0 unspecified atom stereocenters. The Morgan fingerprint density at radius 2 is 0.729 bits per heavy atom. The lowest BCUT2D eigenvalue weighted by Gasteiger charge is -2.31. The smallest absolute Gasteiger partial charge is 0.0618 e. The fourth-order valence-electron chi connectivity index (χ4n) is 11.6. The SMILES string of the molecule is CCC(CC)c1c2cc(-c3ccccc3)ccc2c(N(c2ccc3c(c2)c2ccccc2n3-c2ccccc2)c2ccc3c(c2)c2ccccc2n3-c2ccccc2)c2cc(-c3ccccc3)ccc12. The third-order valence-corrected chi connectivity index (χ3v) is 14.8. The van der Waals surface area contributed by atoms with E-state index in [4.69, 9.17) is 0 Å². The number of para-hydroxylation sites is 4. The molecule has 0 spiro atoms. The number of fused-ring (bicyclic) bond motifs is 8. The maximum atomic E-state index is 2.58. The summed E-state index contributed by atoms with van der Waals surface area (Å²) < 4.78 is 4.82. The van der Waals surface area contributed by atoms with Gasteiger partial charge in [0.05, 0.1) is 27.8 Å². The molecule has 0 aliphatic carbocycles. The molecule has 2 aromatic heterocycles. The Morgan fingerprint density at radius 1 is 0.314 bits per heavy atom. The van der Waals surface area contributed by atoms with Crippen molar-refractivity contribution in [3.8, 4) is 33.6 Å². The minimum Gasteiger partial charge on any atom is -0.309 e. The van der Waals surface area contributed by atoms with Gasteiger partial charge in [-0.05, 0) is 142 Å². The Balaban J connectivity index is 1.18. The van der Waals surface area contributed by atoms with Crippen molar-refractivity contribution >= 4 is 82.2 Å². The molecule has 0 aliphatic heterocycles. The van der Waals surface area contributed by atoms with Crippen molar-refractivity contribution in [3.63, 3.8) is 0 Å². The third kappa shape index (κ3) is 6.72. The van der Waals surface area contributed by atoms with Crippen LogP contribution < -0.4 is 4.90 Å². The summed E-state index contributed by atoms with van der Waals surface area (Å²) in [6.07, 6.45) is 2.09. The zero-order valence-electron chi connectivity index (χ0n) is 39.4. The summed E-state index contributed by atoms with van der Waals surface area (Å²) in [5.74, 6) is 0.363. The first-order chi connectivity index (χ1) is 34.7. The summed E-state index contributed by atoms with van der Waals surface area (Å²) in [6, 6.07) is 89.8. The molecule has 334 valence electrons. The number of anilines is 3. The molecule has 0 bridgehead atoms. The third-order valence-electron chi connectivity index (χ3n) is 14.8. The summed E-state index contributed by atoms with van der Waals surface area (Å²) >= 11 is 0. The average Bonchev–Trinajstić information content (AvgIpc) is 3.94. The summed E-state index contributed by atoms with van der Waals surface area (Å²) in [5.41, 5.74) is 16.7. The molecule has 0 saturated carbocycles. The van der Waals surface area contributed by atoms with Crippen molar-refractivity contribution in [1.82, 2.24) is 9.13 Å². The predicted octanol–water partition coefficient (Wildman–Crippen LogP) is 18.9. The van der Waals surface area contributed by atoms with Crippen molar-refractivity contribution in [3.05, 3.63) is 248 Å². The highest BCUT2D eigenvalue weighted by Crippen LogP contribution is 2.51. The van der Waals surface area contributed by atoms with Gasteiger partial charge in [-0.2, -0.15) is 0 Å². The molecule has 0 amide bonds. The minimum atomic E-state index is 0.363. The Morgan fingerprint density at radius 3 is 1.21 bits per heavy atom. The van der Waals surface area contributed by atoms with Gasteiger partial charge >= 0.3 is 0 Å². The van der Waals surface area contributed by atoms with E-state index >= 15 is 0 Å². The molecule has 13 aromatic rings. The molecular formula is C67H51N3. The molecule has 70 heavy (non-hydrogen) atoms. The molecule has 2 heterocycles. The van der Waals surface area contributed by atoms with Crippen LogP contribution in [-0.4, -0.2) is 9.13 Å². The summed E-state index contributed by atoms with van der Waals surface area (Å²) in [6.45, 7) is 4.71. The van der Waals surface area contributed by atoms with Crippen LogP contribution in [0.3, 0.4) is 0 Å². The summed E-state index contributed by atoms with van der Waals surface area (Å²) in [7, 11) is 0. The molecule has 0 fully saturated rings. The van der Waals surface area contributed by atoms with Crippen molar-refractivity contribution in [2.24, 2.45) is 0 Å². The number of rotatable bonds is 10. The lowest BCUT2D eigenvalue weighted by Crippen LogP contribution is -2.13. The van der Waals surface area contributed by atoms with Gasteiger partial charge in [0, 0.05) is 55.1 Å². The molecule has 3 nitrogen and oxygen atoms in total. The molecule has 0 radical (unpaired) electrons. The Bertz CT molecular complexity index is 3910. The number of benzene rings is 11. The summed E-state index contributed by atoms with van der Waals surface area (Å²) in [5, 5.41) is 9.95. The Kier molecular flexibility index (Phi) is 10.2. The van der Waals surface area contributed by atoms with Gasteiger partial charge in [-0.15, -0.1) is 0 Å². The molecule has 11 aromatic carbocycles. The van der Waals surface area contributed by atoms with E-state index in [1.165, 1.54) is 98.7 Å². The molecule has 3 heteroatoms. The zero-order chi connectivity index (χ0) is 46.7. The fraction of sp³-hybridized carbons (Fsp3) is 0.0746. The second kappa shape index (κ2) is 17.1. The highest BCUT2D eigenvalue weighted by Gasteiger charge is 2.27. The van der Waals surface area contributed by atoms with Gasteiger partial charge in [-0.1, -0.05) is 172 Å². The average molecular weight is 898 g/mol.